The van der Waals surface area contributed by atoms with Crippen LogP contribution >= 0.6 is 0 Å². The Hall–Kier alpha value is -1.36. The van der Waals surface area contributed by atoms with Crippen LogP contribution < -0.4 is 0 Å². The molecular formula is C15H25N3O2. The highest BCUT2D eigenvalue weighted by molar-refractivity contribution is 5.75. The van der Waals surface area contributed by atoms with Gasteiger partial charge in [-0.15, -0.1) is 0 Å². The summed E-state index contributed by atoms with van der Waals surface area (Å²) in [7, 11) is 1.82. The molecule has 0 aromatic carbocycles. The van der Waals surface area contributed by atoms with Crippen LogP contribution in [0.3, 0.4) is 0 Å². The summed E-state index contributed by atoms with van der Waals surface area (Å²) < 4.78 is 5.14. The second-order valence-corrected chi connectivity index (χ2v) is 5.98. The SMILES string of the molecule is Cc1cc(CN(C)C(=O)CCN2CCC[C@@H](C)C2)on1. The minimum Gasteiger partial charge on any atom is -0.359 e. The predicted molar refractivity (Wildman–Crippen MR) is 77.2 cm³/mol. The van der Waals surface area contributed by atoms with E-state index < -0.39 is 0 Å². The first kappa shape index (κ1) is 15.0. The first-order valence-electron chi connectivity index (χ1n) is 7.43. The number of piperidine rings is 1. The van der Waals surface area contributed by atoms with Crippen LogP contribution in [0.4, 0.5) is 0 Å². The molecule has 2 rings (SSSR count). The highest BCUT2D eigenvalue weighted by Gasteiger charge is 2.18. The fourth-order valence-electron chi connectivity index (χ4n) is 2.75. The van der Waals surface area contributed by atoms with E-state index in [0.717, 1.165) is 37.0 Å². The van der Waals surface area contributed by atoms with Crippen LogP contribution in [0.25, 0.3) is 0 Å². The molecule has 1 fully saturated rings. The summed E-state index contributed by atoms with van der Waals surface area (Å²) in [4.78, 5) is 16.2. The summed E-state index contributed by atoms with van der Waals surface area (Å²) in [6, 6.07) is 1.87. The lowest BCUT2D eigenvalue weighted by molar-refractivity contribution is -0.131. The summed E-state index contributed by atoms with van der Waals surface area (Å²) >= 11 is 0. The fourth-order valence-corrected chi connectivity index (χ4v) is 2.75. The highest BCUT2D eigenvalue weighted by atomic mass is 16.5. The van der Waals surface area contributed by atoms with Gasteiger partial charge in [0.25, 0.3) is 0 Å². The molecule has 0 unspecified atom stereocenters. The molecule has 1 atom stereocenters. The molecule has 0 N–H and O–H groups in total. The number of amides is 1. The van der Waals surface area contributed by atoms with Crippen molar-refractivity contribution in [1.29, 1.82) is 0 Å². The van der Waals surface area contributed by atoms with Crippen LogP contribution in [0, 0.1) is 12.8 Å². The van der Waals surface area contributed by atoms with Crippen molar-refractivity contribution in [1.82, 2.24) is 15.0 Å². The molecule has 5 heteroatoms. The summed E-state index contributed by atoms with van der Waals surface area (Å²) in [5.41, 5.74) is 0.850. The van der Waals surface area contributed by atoms with Crippen LogP contribution in [0.15, 0.2) is 10.6 Å². The minimum atomic E-state index is 0.164. The molecule has 112 valence electrons. The Morgan fingerprint density at radius 1 is 1.60 bits per heavy atom. The Morgan fingerprint density at radius 2 is 2.40 bits per heavy atom. The molecule has 20 heavy (non-hydrogen) atoms. The molecule has 2 heterocycles. The van der Waals surface area contributed by atoms with Crippen LogP contribution in [-0.4, -0.2) is 47.5 Å². The second-order valence-electron chi connectivity index (χ2n) is 5.98. The largest absolute Gasteiger partial charge is 0.359 e. The Balaban J connectivity index is 1.73. The lowest BCUT2D eigenvalue weighted by atomic mass is 10.0. The zero-order valence-corrected chi connectivity index (χ0v) is 12.8. The number of nitrogens with zero attached hydrogens (tertiary/aromatic N) is 3. The average Bonchev–Trinajstić information content (AvgIpc) is 2.81. The molecular weight excluding hydrogens is 254 g/mol. The normalized spacial score (nSPS) is 20.1. The predicted octanol–water partition coefficient (Wildman–Crippen LogP) is 2.06. The van der Waals surface area contributed by atoms with Gasteiger partial charge in [-0.1, -0.05) is 12.1 Å². The smallest absolute Gasteiger partial charge is 0.224 e. The molecule has 0 aliphatic carbocycles. The van der Waals surface area contributed by atoms with Gasteiger partial charge in [0.05, 0.1) is 12.2 Å². The molecule has 5 nitrogen and oxygen atoms in total. The number of aromatic nitrogens is 1. The van der Waals surface area contributed by atoms with E-state index in [1.54, 1.807) is 4.90 Å². The Kier molecular flexibility index (Phi) is 5.17. The van der Waals surface area contributed by atoms with Gasteiger partial charge in [0.2, 0.25) is 5.91 Å². The Bertz CT molecular complexity index is 444. The van der Waals surface area contributed by atoms with Crippen molar-refractivity contribution in [2.75, 3.05) is 26.7 Å². The van der Waals surface area contributed by atoms with E-state index in [9.17, 15) is 4.79 Å². The Labute approximate surface area is 120 Å². The standard InChI is InChI=1S/C15H25N3O2/c1-12-5-4-7-18(10-12)8-6-15(19)17(3)11-14-9-13(2)16-20-14/h9,12H,4-8,10-11H2,1-3H3/t12-/m1/s1. The van der Waals surface area contributed by atoms with Gasteiger partial charge >= 0.3 is 0 Å². The van der Waals surface area contributed by atoms with E-state index >= 15 is 0 Å². The summed E-state index contributed by atoms with van der Waals surface area (Å²) in [6.45, 7) is 7.78. The van der Waals surface area contributed by atoms with Crippen molar-refractivity contribution in [3.05, 3.63) is 17.5 Å². The van der Waals surface area contributed by atoms with Gasteiger partial charge in [0.1, 0.15) is 0 Å². The topological polar surface area (TPSA) is 49.6 Å². The number of rotatable bonds is 5. The molecule has 1 saturated heterocycles. The van der Waals surface area contributed by atoms with Crippen molar-refractivity contribution in [2.45, 2.75) is 39.7 Å². The van der Waals surface area contributed by atoms with Gasteiger partial charge in [-0.05, 0) is 32.2 Å². The van der Waals surface area contributed by atoms with Crippen molar-refractivity contribution < 1.29 is 9.32 Å². The number of hydrogen-bond donors (Lipinski definition) is 0. The van der Waals surface area contributed by atoms with Gasteiger partial charge in [-0.3, -0.25) is 4.79 Å². The van der Waals surface area contributed by atoms with Gasteiger partial charge in [-0.2, -0.15) is 0 Å². The second kappa shape index (κ2) is 6.88. The van der Waals surface area contributed by atoms with E-state index in [0.29, 0.717) is 13.0 Å². The lowest BCUT2D eigenvalue weighted by Crippen LogP contribution is -2.37. The molecule has 0 spiro atoms. The third-order valence-corrected chi connectivity index (χ3v) is 3.88. The molecule has 0 radical (unpaired) electrons. The summed E-state index contributed by atoms with van der Waals surface area (Å²) in [5, 5.41) is 3.84. The number of carbonyl (C=O) groups is 1. The zero-order valence-electron chi connectivity index (χ0n) is 12.8. The number of aryl methyl sites for hydroxylation is 1. The quantitative estimate of drug-likeness (QED) is 0.828. The van der Waals surface area contributed by atoms with Crippen LogP contribution in [0.2, 0.25) is 0 Å². The first-order chi connectivity index (χ1) is 9.54. The fraction of sp³-hybridized carbons (Fsp3) is 0.733. The van der Waals surface area contributed by atoms with Crippen molar-refractivity contribution in [3.8, 4) is 0 Å². The van der Waals surface area contributed by atoms with Gasteiger partial charge in [0, 0.05) is 32.6 Å². The number of hydrogen-bond acceptors (Lipinski definition) is 4. The van der Waals surface area contributed by atoms with Crippen molar-refractivity contribution in [3.63, 3.8) is 0 Å². The monoisotopic (exact) mass is 279 g/mol. The van der Waals surface area contributed by atoms with E-state index in [4.69, 9.17) is 4.52 Å². The lowest BCUT2D eigenvalue weighted by Gasteiger charge is -2.31. The maximum Gasteiger partial charge on any atom is 0.224 e. The molecule has 0 bridgehead atoms. The number of likely N-dealkylation sites (tertiary alicyclic amines) is 1. The van der Waals surface area contributed by atoms with Crippen molar-refractivity contribution >= 4 is 5.91 Å². The molecule has 1 aromatic rings. The van der Waals surface area contributed by atoms with Crippen LogP contribution in [-0.2, 0) is 11.3 Å². The third kappa shape index (κ3) is 4.34. The third-order valence-electron chi connectivity index (χ3n) is 3.88. The summed E-state index contributed by atoms with van der Waals surface area (Å²) in [6.07, 6.45) is 3.15. The number of carbonyl (C=O) groups excluding carboxylic acids is 1. The minimum absolute atomic E-state index is 0.164. The van der Waals surface area contributed by atoms with E-state index in [2.05, 4.69) is 17.0 Å². The average molecular weight is 279 g/mol. The molecule has 1 amide bonds. The van der Waals surface area contributed by atoms with E-state index in [1.807, 2.05) is 20.0 Å². The van der Waals surface area contributed by atoms with Gasteiger partial charge in [-0.25, -0.2) is 0 Å². The van der Waals surface area contributed by atoms with E-state index in [1.165, 1.54) is 12.8 Å². The molecule has 1 aliphatic rings. The van der Waals surface area contributed by atoms with Gasteiger partial charge < -0.3 is 14.3 Å². The highest BCUT2D eigenvalue weighted by Crippen LogP contribution is 2.15. The van der Waals surface area contributed by atoms with E-state index in [-0.39, 0.29) is 5.91 Å². The Morgan fingerprint density at radius 3 is 3.05 bits per heavy atom. The first-order valence-corrected chi connectivity index (χ1v) is 7.43. The maximum atomic E-state index is 12.1. The van der Waals surface area contributed by atoms with Crippen molar-refractivity contribution in [2.24, 2.45) is 5.92 Å². The summed E-state index contributed by atoms with van der Waals surface area (Å²) in [5.74, 6) is 1.66. The molecule has 1 aliphatic heterocycles. The zero-order chi connectivity index (χ0) is 14.5. The van der Waals surface area contributed by atoms with Gasteiger partial charge in [0.15, 0.2) is 5.76 Å². The molecule has 0 saturated carbocycles. The maximum absolute atomic E-state index is 12.1. The van der Waals surface area contributed by atoms with Crippen LogP contribution in [0.1, 0.15) is 37.6 Å². The molecule has 1 aromatic heterocycles. The van der Waals surface area contributed by atoms with Crippen LogP contribution in [0.5, 0.6) is 0 Å².